The van der Waals surface area contributed by atoms with Crippen molar-refractivity contribution in [1.29, 1.82) is 0 Å². The molecule has 35 heavy (non-hydrogen) atoms. The Labute approximate surface area is 206 Å². The van der Waals surface area contributed by atoms with Crippen LogP contribution in [0.1, 0.15) is 46.9 Å². The minimum Gasteiger partial charge on any atom is -0.466 e. The van der Waals surface area contributed by atoms with Gasteiger partial charge in [0.05, 0.1) is 30.8 Å². The molecule has 1 aromatic heterocycles. The third-order valence-electron chi connectivity index (χ3n) is 5.56. The molecule has 2 aromatic rings. The number of benzene rings is 1. The Morgan fingerprint density at radius 3 is 2.26 bits per heavy atom. The molecule has 0 aliphatic carbocycles. The fraction of sp³-hybridized carbons (Fsp3) is 0.600. The fourth-order valence-corrected chi connectivity index (χ4v) is 4.05. The van der Waals surface area contributed by atoms with Crippen LogP contribution in [-0.4, -0.2) is 77.5 Å². The lowest BCUT2D eigenvalue weighted by Gasteiger charge is -2.36. The monoisotopic (exact) mass is 488 g/mol. The van der Waals surface area contributed by atoms with E-state index in [1.165, 1.54) is 0 Å². The van der Waals surface area contributed by atoms with Crippen molar-refractivity contribution in [1.82, 2.24) is 14.5 Å². The maximum atomic E-state index is 12.4. The van der Waals surface area contributed by atoms with Crippen molar-refractivity contribution in [2.45, 2.75) is 59.6 Å². The molecule has 0 bridgehead atoms. The molecule has 0 unspecified atom stereocenters. The summed E-state index contributed by atoms with van der Waals surface area (Å²) in [5.74, 6) is -0.124. The number of aromatic nitrogens is 2. The van der Waals surface area contributed by atoms with E-state index in [1.54, 1.807) is 18.7 Å². The number of amides is 1. The van der Waals surface area contributed by atoms with Gasteiger partial charge in [0.15, 0.2) is 0 Å². The Kier molecular flexibility index (Phi) is 8.58. The van der Waals surface area contributed by atoms with E-state index in [-0.39, 0.29) is 37.5 Å². The summed E-state index contributed by atoms with van der Waals surface area (Å²) >= 11 is 0. The van der Waals surface area contributed by atoms with E-state index in [2.05, 4.69) is 4.90 Å². The number of esters is 2. The average Bonchev–Trinajstić information content (AvgIpc) is 3.14. The molecule has 1 aliphatic rings. The van der Waals surface area contributed by atoms with Crippen LogP contribution in [-0.2, 0) is 36.8 Å². The minimum absolute atomic E-state index is 0.0111. The molecule has 192 valence electrons. The van der Waals surface area contributed by atoms with Gasteiger partial charge >= 0.3 is 18.0 Å². The second-order valence-corrected chi connectivity index (χ2v) is 9.32. The van der Waals surface area contributed by atoms with E-state index in [9.17, 15) is 14.4 Å². The Morgan fingerprint density at radius 2 is 1.63 bits per heavy atom. The van der Waals surface area contributed by atoms with Crippen molar-refractivity contribution in [3.8, 4) is 0 Å². The second kappa shape index (κ2) is 11.4. The standard InChI is InChI=1S/C25H36N4O6/c1-6-33-21(30)11-12-29-19-10-8-9-18(23(19)26-20(29)17-22(31)34-7-2)27-13-15-28(16-14-27)24(32)35-25(3,4)5/h8-10H,6-7,11-17H2,1-5H3. The van der Waals surface area contributed by atoms with Gasteiger partial charge in [0, 0.05) is 32.7 Å². The SMILES string of the molecule is CCOC(=O)CCn1c(CC(=O)OCC)nc2c(N3CCN(C(=O)OC(C)(C)C)CC3)cccc21. The molecule has 0 spiro atoms. The molecule has 0 N–H and O–H groups in total. The topological polar surface area (TPSA) is 103 Å². The van der Waals surface area contributed by atoms with Gasteiger partial charge < -0.3 is 28.6 Å². The lowest BCUT2D eigenvalue weighted by atomic mass is 10.2. The number of nitrogens with zero attached hydrogens (tertiary/aromatic N) is 4. The van der Waals surface area contributed by atoms with Crippen LogP contribution in [0, 0.1) is 0 Å². The van der Waals surface area contributed by atoms with Crippen molar-refractivity contribution in [3.63, 3.8) is 0 Å². The van der Waals surface area contributed by atoms with Crippen molar-refractivity contribution in [2.75, 3.05) is 44.3 Å². The smallest absolute Gasteiger partial charge is 0.410 e. The molecule has 1 saturated heterocycles. The number of piperazine rings is 1. The number of ether oxygens (including phenoxy) is 3. The van der Waals surface area contributed by atoms with Crippen LogP contribution >= 0.6 is 0 Å². The quantitative estimate of drug-likeness (QED) is 0.412. The summed E-state index contributed by atoms with van der Waals surface area (Å²) in [5.41, 5.74) is 1.97. The molecule has 1 amide bonds. The first-order valence-electron chi connectivity index (χ1n) is 12.1. The summed E-state index contributed by atoms with van der Waals surface area (Å²) < 4.78 is 17.6. The van der Waals surface area contributed by atoms with Gasteiger partial charge in [0.25, 0.3) is 0 Å². The Morgan fingerprint density at radius 1 is 0.971 bits per heavy atom. The maximum absolute atomic E-state index is 12.4. The molecule has 10 heteroatoms. The minimum atomic E-state index is -0.536. The summed E-state index contributed by atoms with van der Waals surface area (Å²) in [6, 6.07) is 5.86. The summed E-state index contributed by atoms with van der Waals surface area (Å²) in [4.78, 5) is 45.4. The zero-order valence-corrected chi connectivity index (χ0v) is 21.3. The Bertz CT molecular complexity index is 1050. The van der Waals surface area contributed by atoms with Gasteiger partial charge in [-0.2, -0.15) is 0 Å². The predicted octanol–water partition coefficient (Wildman–Crippen LogP) is 3.15. The number of imidazole rings is 1. The first-order chi connectivity index (χ1) is 16.6. The highest BCUT2D eigenvalue weighted by Gasteiger charge is 2.27. The number of carbonyl (C=O) groups is 3. The van der Waals surface area contributed by atoms with Crippen LogP contribution in [0.15, 0.2) is 18.2 Å². The molecule has 0 saturated carbocycles. The van der Waals surface area contributed by atoms with Crippen molar-refractivity contribution >= 4 is 34.8 Å². The number of hydrogen-bond donors (Lipinski definition) is 0. The lowest BCUT2D eigenvalue weighted by molar-refractivity contribution is -0.143. The normalized spacial score (nSPS) is 14.2. The highest BCUT2D eigenvalue weighted by atomic mass is 16.6. The molecule has 1 aromatic carbocycles. The van der Waals surface area contributed by atoms with Gasteiger partial charge in [-0.1, -0.05) is 6.07 Å². The van der Waals surface area contributed by atoms with Crippen LogP contribution in [0.4, 0.5) is 10.5 Å². The van der Waals surface area contributed by atoms with Gasteiger partial charge in [-0.15, -0.1) is 0 Å². The number of rotatable bonds is 8. The predicted molar refractivity (Wildman–Crippen MR) is 131 cm³/mol. The molecule has 2 heterocycles. The second-order valence-electron chi connectivity index (χ2n) is 9.32. The number of para-hydroxylation sites is 1. The average molecular weight is 489 g/mol. The number of aryl methyl sites for hydroxylation is 1. The zero-order valence-electron chi connectivity index (χ0n) is 21.3. The first kappa shape index (κ1) is 26.3. The van der Waals surface area contributed by atoms with E-state index in [0.717, 1.165) is 16.7 Å². The van der Waals surface area contributed by atoms with Gasteiger partial charge in [0.2, 0.25) is 0 Å². The third-order valence-corrected chi connectivity index (χ3v) is 5.56. The number of hydrogen-bond acceptors (Lipinski definition) is 8. The van der Waals surface area contributed by atoms with Crippen LogP contribution in [0.5, 0.6) is 0 Å². The Hall–Kier alpha value is -3.30. The van der Waals surface area contributed by atoms with Crippen LogP contribution in [0.2, 0.25) is 0 Å². The molecular formula is C25H36N4O6. The molecule has 0 atom stereocenters. The van der Waals surface area contributed by atoms with E-state index in [1.807, 2.05) is 43.5 Å². The van der Waals surface area contributed by atoms with E-state index in [4.69, 9.17) is 19.2 Å². The van der Waals surface area contributed by atoms with Crippen molar-refractivity contribution in [3.05, 3.63) is 24.0 Å². The van der Waals surface area contributed by atoms with Gasteiger partial charge in [-0.25, -0.2) is 9.78 Å². The van der Waals surface area contributed by atoms with Crippen molar-refractivity contribution < 1.29 is 28.6 Å². The summed E-state index contributed by atoms with van der Waals surface area (Å²) in [6.45, 7) is 12.4. The molecular weight excluding hydrogens is 452 g/mol. The highest BCUT2D eigenvalue weighted by Crippen LogP contribution is 2.29. The maximum Gasteiger partial charge on any atom is 0.410 e. The summed E-state index contributed by atoms with van der Waals surface area (Å²) in [5, 5.41) is 0. The largest absolute Gasteiger partial charge is 0.466 e. The molecule has 10 nitrogen and oxygen atoms in total. The van der Waals surface area contributed by atoms with Crippen LogP contribution in [0.25, 0.3) is 11.0 Å². The third kappa shape index (κ3) is 6.86. The van der Waals surface area contributed by atoms with Crippen LogP contribution < -0.4 is 4.90 Å². The first-order valence-corrected chi connectivity index (χ1v) is 12.1. The van der Waals surface area contributed by atoms with E-state index >= 15 is 0 Å². The fourth-order valence-electron chi connectivity index (χ4n) is 4.05. The lowest BCUT2D eigenvalue weighted by Crippen LogP contribution is -2.50. The molecule has 1 fully saturated rings. The van der Waals surface area contributed by atoms with E-state index in [0.29, 0.717) is 45.2 Å². The molecule has 3 rings (SSSR count). The Balaban J connectivity index is 1.84. The zero-order chi connectivity index (χ0) is 25.6. The van der Waals surface area contributed by atoms with Gasteiger partial charge in [-0.3, -0.25) is 9.59 Å². The van der Waals surface area contributed by atoms with Gasteiger partial charge in [0.1, 0.15) is 23.4 Å². The van der Waals surface area contributed by atoms with Crippen molar-refractivity contribution in [2.24, 2.45) is 0 Å². The number of fused-ring (bicyclic) bond motifs is 1. The van der Waals surface area contributed by atoms with Crippen LogP contribution in [0.3, 0.4) is 0 Å². The molecule has 0 radical (unpaired) electrons. The van der Waals surface area contributed by atoms with E-state index < -0.39 is 5.60 Å². The summed E-state index contributed by atoms with van der Waals surface area (Å²) in [7, 11) is 0. The highest BCUT2D eigenvalue weighted by molar-refractivity contribution is 5.90. The molecule has 1 aliphatic heterocycles. The number of anilines is 1. The summed E-state index contributed by atoms with van der Waals surface area (Å²) in [6.07, 6.45) is -0.124. The number of carbonyl (C=O) groups excluding carboxylic acids is 3. The van der Waals surface area contributed by atoms with Gasteiger partial charge in [-0.05, 0) is 46.8 Å².